The Kier molecular flexibility index (Phi) is 3.06. The molecular formula is C11H14N2O4. The maximum absolute atomic E-state index is 10.9. The summed E-state index contributed by atoms with van der Waals surface area (Å²) in [5, 5.41) is 0. The van der Waals surface area contributed by atoms with Crippen LogP contribution >= 0.6 is 0 Å². The maximum Gasteiger partial charge on any atom is 0.258 e. The zero-order chi connectivity index (χ0) is 12.4. The minimum absolute atomic E-state index is 0.175. The van der Waals surface area contributed by atoms with Gasteiger partial charge in [-0.1, -0.05) is 0 Å². The van der Waals surface area contributed by atoms with Crippen molar-refractivity contribution in [3.05, 3.63) is 17.7 Å². The van der Waals surface area contributed by atoms with E-state index in [4.69, 9.17) is 25.7 Å². The van der Waals surface area contributed by atoms with E-state index in [1.807, 2.05) is 0 Å². The number of carbonyl (C=O) groups is 1. The van der Waals surface area contributed by atoms with Crippen LogP contribution in [0, 0.1) is 0 Å². The van der Waals surface area contributed by atoms with Crippen molar-refractivity contribution in [3.63, 3.8) is 0 Å². The van der Waals surface area contributed by atoms with Crippen LogP contribution in [0.15, 0.2) is 12.1 Å². The Labute approximate surface area is 98.4 Å². The van der Waals surface area contributed by atoms with Crippen LogP contribution in [0.5, 0.6) is 17.2 Å². The highest BCUT2D eigenvalue weighted by Gasteiger charge is 2.19. The molecule has 1 heterocycles. The van der Waals surface area contributed by atoms with Gasteiger partial charge in [-0.2, -0.15) is 0 Å². The number of nitrogens with two attached hydrogens (primary N) is 2. The molecule has 92 valence electrons. The van der Waals surface area contributed by atoms with Gasteiger partial charge in [-0.25, -0.2) is 0 Å². The van der Waals surface area contributed by atoms with Crippen LogP contribution in [0.3, 0.4) is 0 Å². The molecule has 1 aromatic rings. The molecule has 1 aromatic carbocycles. The van der Waals surface area contributed by atoms with Crippen molar-refractivity contribution in [1.29, 1.82) is 0 Å². The Morgan fingerprint density at radius 3 is 2.71 bits per heavy atom. The summed E-state index contributed by atoms with van der Waals surface area (Å²) in [6, 6.07) is 3.40. The molecule has 1 unspecified atom stereocenters. The predicted octanol–water partition coefficient (Wildman–Crippen LogP) is 0.127. The van der Waals surface area contributed by atoms with Gasteiger partial charge < -0.3 is 25.7 Å². The topological polar surface area (TPSA) is 96.8 Å². The van der Waals surface area contributed by atoms with E-state index in [2.05, 4.69) is 0 Å². The summed E-state index contributed by atoms with van der Waals surface area (Å²) in [7, 11) is 0. The molecule has 0 radical (unpaired) electrons. The number of fused-ring (bicyclic) bond motifs is 1. The number of benzene rings is 1. The van der Waals surface area contributed by atoms with Gasteiger partial charge in [-0.05, 0) is 13.0 Å². The molecule has 17 heavy (non-hydrogen) atoms. The molecule has 1 aliphatic rings. The molecule has 0 bridgehead atoms. The number of ether oxygens (including phenoxy) is 3. The summed E-state index contributed by atoms with van der Waals surface area (Å²) in [4.78, 5) is 10.9. The highest BCUT2D eigenvalue weighted by atomic mass is 16.7. The van der Waals surface area contributed by atoms with Crippen molar-refractivity contribution in [2.75, 3.05) is 6.79 Å². The normalized spacial score (nSPS) is 14.5. The van der Waals surface area contributed by atoms with E-state index in [-0.39, 0.29) is 13.3 Å². The van der Waals surface area contributed by atoms with E-state index in [1.165, 1.54) is 0 Å². The second-order valence-electron chi connectivity index (χ2n) is 3.68. The maximum atomic E-state index is 10.9. The van der Waals surface area contributed by atoms with E-state index < -0.39 is 12.0 Å². The van der Waals surface area contributed by atoms with Gasteiger partial charge in [0.15, 0.2) is 17.6 Å². The fourth-order valence-corrected chi connectivity index (χ4v) is 1.48. The average molecular weight is 238 g/mol. The monoisotopic (exact) mass is 238 g/mol. The van der Waals surface area contributed by atoms with Crippen LogP contribution in [0.1, 0.15) is 12.5 Å². The summed E-state index contributed by atoms with van der Waals surface area (Å²) >= 11 is 0. The molecule has 0 saturated heterocycles. The summed E-state index contributed by atoms with van der Waals surface area (Å²) < 4.78 is 15.9. The highest BCUT2D eigenvalue weighted by Crippen LogP contribution is 2.38. The standard InChI is InChI=1S/C11H14N2O4/c1-6(11(13)14)17-8-3-10-9(15-5-16-10)2-7(8)4-12/h2-3,6H,4-5,12H2,1H3,(H2,13,14). The molecule has 0 fully saturated rings. The van der Waals surface area contributed by atoms with Crippen LogP contribution in [-0.4, -0.2) is 18.8 Å². The third-order valence-electron chi connectivity index (χ3n) is 2.48. The van der Waals surface area contributed by atoms with E-state index in [1.54, 1.807) is 19.1 Å². The van der Waals surface area contributed by atoms with Gasteiger partial charge in [0.25, 0.3) is 5.91 Å². The lowest BCUT2D eigenvalue weighted by atomic mass is 10.1. The quantitative estimate of drug-likeness (QED) is 0.777. The number of hydrogen-bond donors (Lipinski definition) is 2. The zero-order valence-corrected chi connectivity index (χ0v) is 9.43. The molecule has 6 nitrogen and oxygen atoms in total. The van der Waals surface area contributed by atoms with Gasteiger partial charge in [-0.15, -0.1) is 0 Å². The van der Waals surface area contributed by atoms with E-state index in [0.717, 1.165) is 5.56 Å². The Morgan fingerprint density at radius 1 is 1.47 bits per heavy atom. The van der Waals surface area contributed by atoms with Crippen molar-refractivity contribution >= 4 is 5.91 Å². The molecule has 0 saturated carbocycles. The molecule has 6 heteroatoms. The molecule has 0 aromatic heterocycles. The lowest BCUT2D eigenvalue weighted by molar-refractivity contribution is -0.124. The summed E-state index contributed by atoms with van der Waals surface area (Å²) in [6.07, 6.45) is -0.722. The van der Waals surface area contributed by atoms with Gasteiger partial charge in [0.2, 0.25) is 6.79 Å². The molecule has 1 aliphatic heterocycles. The Hall–Kier alpha value is -1.95. The highest BCUT2D eigenvalue weighted by molar-refractivity contribution is 5.78. The number of amides is 1. The minimum atomic E-state index is -0.722. The number of carbonyl (C=O) groups excluding carboxylic acids is 1. The average Bonchev–Trinajstić information content (AvgIpc) is 2.74. The van der Waals surface area contributed by atoms with Crippen molar-refractivity contribution in [1.82, 2.24) is 0 Å². The lowest BCUT2D eigenvalue weighted by Crippen LogP contribution is -2.31. The first kappa shape index (κ1) is 11.5. The second kappa shape index (κ2) is 4.50. The van der Waals surface area contributed by atoms with Crippen molar-refractivity contribution in [2.24, 2.45) is 11.5 Å². The van der Waals surface area contributed by atoms with Gasteiger partial charge in [-0.3, -0.25) is 4.79 Å². The van der Waals surface area contributed by atoms with Gasteiger partial charge in [0, 0.05) is 18.2 Å². The fourth-order valence-electron chi connectivity index (χ4n) is 1.48. The van der Waals surface area contributed by atoms with Crippen molar-refractivity contribution < 1.29 is 19.0 Å². The van der Waals surface area contributed by atoms with Gasteiger partial charge >= 0.3 is 0 Å². The number of rotatable bonds is 4. The summed E-state index contributed by atoms with van der Waals surface area (Å²) in [5.41, 5.74) is 11.5. The van der Waals surface area contributed by atoms with Gasteiger partial charge in [0.1, 0.15) is 5.75 Å². The van der Waals surface area contributed by atoms with Crippen LogP contribution in [0.25, 0.3) is 0 Å². The molecular weight excluding hydrogens is 224 g/mol. The van der Waals surface area contributed by atoms with Crippen LogP contribution in [0.4, 0.5) is 0 Å². The second-order valence-corrected chi connectivity index (χ2v) is 3.68. The summed E-state index contributed by atoms with van der Waals surface area (Å²) in [5.74, 6) is 1.16. The molecule has 1 amide bonds. The molecule has 0 aliphatic carbocycles. The van der Waals surface area contributed by atoms with Crippen molar-refractivity contribution in [3.8, 4) is 17.2 Å². The van der Waals surface area contributed by atoms with Crippen LogP contribution in [-0.2, 0) is 11.3 Å². The molecule has 2 rings (SSSR count). The van der Waals surface area contributed by atoms with Crippen LogP contribution in [0.2, 0.25) is 0 Å². The first-order valence-corrected chi connectivity index (χ1v) is 5.20. The largest absolute Gasteiger partial charge is 0.480 e. The number of hydrogen-bond acceptors (Lipinski definition) is 5. The summed E-state index contributed by atoms with van der Waals surface area (Å²) in [6.45, 7) is 2.03. The fraction of sp³-hybridized carbons (Fsp3) is 0.364. The predicted molar refractivity (Wildman–Crippen MR) is 59.7 cm³/mol. The lowest BCUT2D eigenvalue weighted by Gasteiger charge is -2.14. The molecule has 0 spiro atoms. The first-order valence-electron chi connectivity index (χ1n) is 5.20. The molecule has 4 N–H and O–H groups in total. The zero-order valence-electron chi connectivity index (χ0n) is 9.43. The Morgan fingerprint density at radius 2 is 2.12 bits per heavy atom. The number of primary amides is 1. The van der Waals surface area contributed by atoms with Gasteiger partial charge in [0.05, 0.1) is 0 Å². The Balaban J connectivity index is 2.29. The third kappa shape index (κ3) is 2.26. The van der Waals surface area contributed by atoms with E-state index >= 15 is 0 Å². The third-order valence-corrected chi connectivity index (χ3v) is 2.48. The van der Waals surface area contributed by atoms with E-state index in [0.29, 0.717) is 17.2 Å². The van der Waals surface area contributed by atoms with Crippen LogP contribution < -0.4 is 25.7 Å². The minimum Gasteiger partial charge on any atom is -0.480 e. The van der Waals surface area contributed by atoms with E-state index in [9.17, 15) is 4.79 Å². The SMILES string of the molecule is CC(Oc1cc2c(cc1CN)OCO2)C(N)=O. The molecule has 1 atom stereocenters. The smallest absolute Gasteiger partial charge is 0.258 e. The Bertz CT molecular complexity index is 447. The first-order chi connectivity index (χ1) is 8.11. The van der Waals surface area contributed by atoms with Crippen molar-refractivity contribution in [2.45, 2.75) is 19.6 Å².